The van der Waals surface area contributed by atoms with Gasteiger partial charge in [-0.15, -0.1) is 35.7 Å². The predicted octanol–water partition coefficient (Wildman–Crippen LogP) is 14.0. The average molecular weight is 1030 g/mol. The number of ether oxygens (including phenoxy) is 1. The van der Waals surface area contributed by atoms with Crippen LogP contribution in [0.25, 0.3) is 83.4 Å². The molecule has 0 N–H and O–H groups in total. The summed E-state index contributed by atoms with van der Waals surface area (Å²) in [4.78, 5) is 20.4. The topological polar surface area (TPSA) is 54.0 Å². The Morgan fingerprint density at radius 1 is 0.554 bits per heavy atom. The molecule has 65 heavy (non-hydrogen) atoms. The molecule has 3 aromatic heterocycles. The van der Waals surface area contributed by atoms with Crippen LogP contribution in [0, 0.1) is 12.1 Å². The van der Waals surface area contributed by atoms with Gasteiger partial charge in [-0.2, -0.15) is 12.1 Å². The number of hydrogen-bond donors (Lipinski definition) is 0. The summed E-state index contributed by atoms with van der Waals surface area (Å²) in [7, 11) is 0. The van der Waals surface area contributed by atoms with Crippen molar-refractivity contribution in [2.75, 3.05) is 0 Å². The molecular weight excluding hydrogens is 980 g/mol. The van der Waals surface area contributed by atoms with Gasteiger partial charge in [0, 0.05) is 34.3 Å². The molecule has 7 heteroatoms. The van der Waals surface area contributed by atoms with E-state index in [1.807, 2.05) is 42.6 Å². The van der Waals surface area contributed by atoms with Gasteiger partial charge in [0.15, 0.2) is 0 Å². The molecule has 0 radical (unpaired) electrons. The van der Waals surface area contributed by atoms with Crippen LogP contribution in [0.2, 0.25) is 0 Å². The molecule has 0 unspecified atom stereocenters. The molecule has 6 nitrogen and oxygen atoms in total. The molecule has 0 atom stereocenters. The molecule has 11 aromatic rings. The summed E-state index contributed by atoms with van der Waals surface area (Å²) in [6, 6.07) is 41.6. The Kier molecular flexibility index (Phi) is 8.14. The molecular formula is C58H42N4O2Pt. The van der Waals surface area contributed by atoms with Gasteiger partial charge in [-0.05, 0) is 69.0 Å². The molecule has 0 saturated carbocycles. The first-order valence-electron chi connectivity index (χ1n) is 25.7. The van der Waals surface area contributed by atoms with Gasteiger partial charge in [0.2, 0.25) is 0 Å². The zero-order chi connectivity index (χ0) is 52.1. The van der Waals surface area contributed by atoms with Crippen molar-refractivity contribution in [3.8, 4) is 62.1 Å². The maximum atomic E-state index is 15.5. The first-order chi connectivity index (χ1) is 35.4. The van der Waals surface area contributed by atoms with Gasteiger partial charge in [0.05, 0.1) is 30.4 Å². The van der Waals surface area contributed by atoms with Gasteiger partial charge in [0.1, 0.15) is 5.82 Å². The predicted molar refractivity (Wildman–Crippen MR) is 260 cm³/mol. The van der Waals surface area contributed by atoms with Crippen LogP contribution in [0.15, 0.2) is 205 Å². The summed E-state index contributed by atoms with van der Waals surface area (Å²) in [6.07, 6.45) is 1.82. The zero-order valence-corrected chi connectivity index (χ0v) is 37.5. The van der Waals surface area contributed by atoms with Crippen molar-refractivity contribution in [2.24, 2.45) is 0 Å². The number of pyridine rings is 1. The fourth-order valence-corrected chi connectivity index (χ4v) is 8.34. The number of hydrogen-bond acceptors (Lipinski definition) is 3. The Bertz CT molecular complexity index is 4060. The quantitative estimate of drug-likeness (QED) is 0.143. The van der Waals surface area contributed by atoms with E-state index in [0.29, 0.717) is 17.1 Å². The van der Waals surface area contributed by atoms with E-state index in [1.54, 1.807) is 42.5 Å². The molecule has 0 spiro atoms. The fraction of sp³-hybridized carbons (Fsp3) is 0.0690. The summed E-state index contributed by atoms with van der Waals surface area (Å²) in [5, 5.41) is 1.93. The van der Waals surface area contributed by atoms with E-state index in [2.05, 4.69) is 73.9 Å². The average Bonchev–Trinajstić information content (AvgIpc) is 3.90. The van der Waals surface area contributed by atoms with Crippen molar-refractivity contribution < 1.29 is 39.5 Å². The van der Waals surface area contributed by atoms with Crippen LogP contribution in [-0.2, 0) is 26.5 Å². The molecule has 3 heterocycles. The molecule has 0 bridgehead atoms. The van der Waals surface area contributed by atoms with Gasteiger partial charge >= 0.3 is 26.8 Å². The van der Waals surface area contributed by atoms with E-state index in [9.17, 15) is 0 Å². The van der Waals surface area contributed by atoms with E-state index in [0.717, 1.165) is 38.5 Å². The molecule has 0 aliphatic rings. The Labute approximate surface area is 406 Å². The summed E-state index contributed by atoms with van der Waals surface area (Å²) < 4.78 is 98.3. The van der Waals surface area contributed by atoms with Crippen LogP contribution in [0.1, 0.15) is 40.0 Å². The van der Waals surface area contributed by atoms with Crippen LogP contribution < -0.4 is 10.4 Å². The van der Waals surface area contributed by atoms with Gasteiger partial charge in [-0.1, -0.05) is 165 Å². The van der Waals surface area contributed by atoms with Crippen molar-refractivity contribution >= 4 is 32.8 Å². The second kappa shape index (κ2) is 16.9. The van der Waals surface area contributed by atoms with Gasteiger partial charge in [-0.25, -0.2) is 9.78 Å². The molecule has 0 aliphatic heterocycles. The molecule has 0 fully saturated rings. The van der Waals surface area contributed by atoms with Crippen molar-refractivity contribution in [3.05, 3.63) is 228 Å². The molecule has 0 saturated heterocycles. The molecule has 316 valence electrons. The normalized spacial score (nSPS) is 13.7. The third-order valence-electron chi connectivity index (χ3n) is 11.4. The minimum atomic E-state index is -0.703. The third kappa shape index (κ3) is 7.50. The summed E-state index contributed by atoms with van der Waals surface area (Å²) >= 11 is 0. The van der Waals surface area contributed by atoms with E-state index < -0.39 is 66.1 Å². The van der Waals surface area contributed by atoms with Crippen LogP contribution in [0.5, 0.6) is 11.5 Å². The van der Waals surface area contributed by atoms with E-state index in [4.69, 9.17) is 23.4 Å². The number of fused-ring (bicyclic) bond motifs is 4. The number of imidazole rings is 1. The van der Waals surface area contributed by atoms with Crippen molar-refractivity contribution in [1.29, 1.82) is 0 Å². The molecule has 11 rings (SSSR count). The fourth-order valence-electron chi connectivity index (χ4n) is 8.34. The Balaban J connectivity index is 0.00000641. The third-order valence-corrected chi connectivity index (χ3v) is 11.4. The second-order valence-corrected chi connectivity index (χ2v) is 16.3. The van der Waals surface area contributed by atoms with Crippen molar-refractivity contribution in [1.82, 2.24) is 18.7 Å². The Hall–Kier alpha value is -7.53. The number of para-hydroxylation sites is 3. The van der Waals surface area contributed by atoms with Gasteiger partial charge in [-0.3, -0.25) is 9.13 Å². The molecule has 0 amide bonds. The number of aromatic nitrogens is 4. The Morgan fingerprint density at radius 3 is 1.89 bits per heavy atom. The summed E-state index contributed by atoms with van der Waals surface area (Å²) in [6.45, 7) is 6.47. The SMILES string of the molecule is [2H]c1c([2H])c([2H])c(-c2cccc(-c3c([2H])c([2H])c([2H])c([2H])c3[2H])c2-n2c(=O)n(-c3[c-]c(Oc4[c-]c5c(cc4)c4cc(-c6ccccc6)ccc4n5-c4cc(C(C)(C)C)ccn4)ccc3)c3ccccc32)c([2H])c1[2H].[Pt+2]. The maximum Gasteiger partial charge on any atom is 2.00 e. The number of rotatable bonds is 8. The van der Waals surface area contributed by atoms with Crippen LogP contribution in [0.3, 0.4) is 0 Å². The van der Waals surface area contributed by atoms with Crippen molar-refractivity contribution in [3.63, 3.8) is 0 Å². The van der Waals surface area contributed by atoms with E-state index in [1.165, 1.54) is 27.3 Å². The molecule has 0 aliphatic carbocycles. The zero-order valence-electron chi connectivity index (χ0n) is 45.2. The Morgan fingerprint density at radius 2 is 1.20 bits per heavy atom. The van der Waals surface area contributed by atoms with Crippen molar-refractivity contribution in [2.45, 2.75) is 26.2 Å². The minimum absolute atomic E-state index is 0. The standard InChI is InChI=1S/C58H42N4O2.Pt/c1-58(2,3)43-33-34-59-55(36-43)61-51-32-29-42(39-17-7-4-8-18-39)35-50(51)49-31-30-46(38-54(49)61)64-45-24-15-23-44(37-45)60-52-27-13-14-28-53(52)62(57(60)63)56-47(40-19-9-5-10-20-40)25-16-26-48(56)41-21-11-6-12-22-41;/h4-36H,1-3H3;/q-2;+2/i5D,6D,9D,10D,11D,12D,19D,20D,21D,22D;. The monoisotopic (exact) mass is 1030 g/mol. The van der Waals surface area contributed by atoms with Crippen LogP contribution in [-0.4, -0.2) is 18.7 Å². The maximum absolute atomic E-state index is 15.5. The van der Waals surface area contributed by atoms with Crippen LogP contribution >= 0.6 is 0 Å². The summed E-state index contributed by atoms with van der Waals surface area (Å²) in [5.41, 5.74) is 4.33. The van der Waals surface area contributed by atoms with Gasteiger partial charge < -0.3 is 9.30 Å². The number of nitrogens with zero attached hydrogens (tertiary/aromatic N) is 4. The van der Waals surface area contributed by atoms with E-state index in [-0.39, 0.29) is 71.4 Å². The smallest absolute Gasteiger partial charge is 0.509 e. The second-order valence-electron chi connectivity index (χ2n) is 16.3. The molecule has 8 aromatic carbocycles. The minimum Gasteiger partial charge on any atom is -0.509 e. The summed E-state index contributed by atoms with van der Waals surface area (Å²) in [5.74, 6) is 1.31. The first kappa shape index (κ1) is 31.3. The van der Waals surface area contributed by atoms with Crippen LogP contribution in [0.4, 0.5) is 0 Å². The largest absolute Gasteiger partial charge is 2.00 e. The number of benzene rings is 8. The first-order valence-corrected chi connectivity index (χ1v) is 20.7. The van der Waals surface area contributed by atoms with E-state index >= 15 is 4.79 Å². The van der Waals surface area contributed by atoms with Gasteiger partial charge in [0.25, 0.3) is 0 Å².